The minimum atomic E-state index is 0.410. The van der Waals surface area contributed by atoms with E-state index in [1.165, 1.54) is 5.56 Å². The molecule has 3 heteroatoms. The average molecular weight is 206 g/mol. The number of rotatable bonds is 4. The van der Waals surface area contributed by atoms with Crippen LogP contribution in [0.15, 0.2) is 24.3 Å². The Labute approximate surface area is 90.6 Å². The van der Waals surface area contributed by atoms with Crippen LogP contribution in [0.3, 0.4) is 0 Å². The minimum absolute atomic E-state index is 0.410. The molecule has 0 aromatic heterocycles. The number of ether oxygens (including phenoxy) is 1. The highest BCUT2D eigenvalue weighted by Crippen LogP contribution is 2.18. The molecule has 1 aromatic rings. The van der Waals surface area contributed by atoms with E-state index in [1.807, 2.05) is 12.1 Å². The molecule has 1 saturated carbocycles. The van der Waals surface area contributed by atoms with Crippen LogP contribution in [-0.2, 0) is 6.54 Å². The number of nitrogens with two attached hydrogens (primary N) is 1. The van der Waals surface area contributed by atoms with E-state index >= 15 is 0 Å². The first-order valence-corrected chi connectivity index (χ1v) is 5.40. The fourth-order valence-corrected chi connectivity index (χ4v) is 1.87. The van der Waals surface area contributed by atoms with Crippen LogP contribution in [-0.4, -0.2) is 19.2 Å². The third-order valence-corrected chi connectivity index (χ3v) is 2.90. The Balaban J connectivity index is 1.82. The van der Waals surface area contributed by atoms with Crippen molar-refractivity contribution in [2.24, 2.45) is 5.73 Å². The standard InChI is InChI=1S/C12H18N2O/c1-15-12-4-2-3-9(5-12)8-14-11-6-10(13)7-11/h2-5,10-11,14H,6-8,13H2,1H3. The molecule has 0 spiro atoms. The van der Waals surface area contributed by atoms with E-state index in [9.17, 15) is 0 Å². The van der Waals surface area contributed by atoms with Crippen LogP contribution >= 0.6 is 0 Å². The van der Waals surface area contributed by atoms with Crippen LogP contribution in [0.2, 0.25) is 0 Å². The number of benzene rings is 1. The zero-order chi connectivity index (χ0) is 10.7. The Kier molecular flexibility index (Phi) is 3.23. The van der Waals surface area contributed by atoms with Gasteiger partial charge in [0.05, 0.1) is 7.11 Å². The topological polar surface area (TPSA) is 47.3 Å². The lowest BCUT2D eigenvalue weighted by Gasteiger charge is -2.33. The molecule has 0 radical (unpaired) electrons. The Morgan fingerprint density at radius 1 is 1.47 bits per heavy atom. The van der Waals surface area contributed by atoms with E-state index in [2.05, 4.69) is 17.4 Å². The van der Waals surface area contributed by atoms with Crippen molar-refractivity contribution in [1.29, 1.82) is 0 Å². The molecule has 2 rings (SSSR count). The van der Waals surface area contributed by atoms with Gasteiger partial charge in [0.15, 0.2) is 0 Å². The molecule has 0 unspecified atom stereocenters. The largest absolute Gasteiger partial charge is 0.497 e. The molecule has 0 saturated heterocycles. The highest BCUT2D eigenvalue weighted by molar-refractivity contribution is 5.28. The summed E-state index contributed by atoms with van der Waals surface area (Å²) < 4.78 is 5.17. The molecule has 1 aliphatic rings. The number of methoxy groups -OCH3 is 1. The average Bonchev–Trinajstić information content (AvgIpc) is 2.23. The van der Waals surface area contributed by atoms with Crippen molar-refractivity contribution >= 4 is 0 Å². The van der Waals surface area contributed by atoms with Gasteiger partial charge in [-0.05, 0) is 30.5 Å². The zero-order valence-corrected chi connectivity index (χ0v) is 9.07. The summed E-state index contributed by atoms with van der Waals surface area (Å²) in [5, 5.41) is 3.48. The van der Waals surface area contributed by atoms with Gasteiger partial charge in [-0.3, -0.25) is 0 Å². The first kappa shape index (κ1) is 10.5. The van der Waals surface area contributed by atoms with Gasteiger partial charge in [-0.2, -0.15) is 0 Å². The van der Waals surface area contributed by atoms with Crippen molar-refractivity contribution in [1.82, 2.24) is 5.32 Å². The summed E-state index contributed by atoms with van der Waals surface area (Å²) in [6.45, 7) is 0.897. The Bertz CT molecular complexity index is 321. The second-order valence-corrected chi connectivity index (χ2v) is 4.16. The maximum absolute atomic E-state index is 5.72. The van der Waals surface area contributed by atoms with Gasteiger partial charge in [0.2, 0.25) is 0 Å². The normalized spacial score (nSPS) is 24.7. The molecular weight excluding hydrogens is 188 g/mol. The van der Waals surface area contributed by atoms with Gasteiger partial charge >= 0.3 is 0 Å². The molecule has 0 amide bonds. The lowest BCUT2D eigenvalue weighted by molar-refractivity contribution is 0.290. The molecule has 3 N–H and O–H groups in total. The van der Waals surface area contributed by atoms with E-state index < -0.39 is 0 Å². The van der Waals surface area contributed by atoms with Gasteiger partial charge in [-0.15, -0.1) is 0 Å². The van der Waals surface area contributed by atoms with E-state index in [0.717, 1.165) is 25.1 Å². The second kappa shape index (κ2) is 4.64. The van der Waals surface area contributed by atoms with Crippen molar-refractivity contribution in [2.45, 2.75) is 31.5 Å². The third kappa shape index (κ3) is 2.70. The summed E-state index contributed by atoms with van der Waals surface area (Å²) in [5.74, 6) is 0.916. The summed E-state index contributed by atoms with van der Waals surface area (Å²) in [6, 6.07) is 9.16. The van der Waals surface area contributed by atoms with Gasteiger partial charge < -0.3 is 15.8 Å². The van der Waals surface area contributed by atoms with Crippen LogP contribution in [0.25, 0.3) is 0 Å². The van der Waals surface area contributed by atoms with Crippen LogP contribution in [0, 0.1) is 0 Å². The van der Waals surface area contributed by atoms with Crippen molar-refractivity contribution < 1.29 is 4.74 Å². The zero-order valence-electron chi connectivity index (χ0n) is 9.07. The number of nitrogens with one attached hydrogen (secondary N) is 1. The molecule has 1 aliphatic carbocycles. The lowest BCUT2D eigenvalue weighted by Crippen LogP contribution is -2.48. The Morgan fingerprint density at radius 2 is 2.27 bits per heavy atom. The van der Waals surface area contributed by atoms with E-state index in [1.54, 1.807) is 7.11 Å². The summed E-state index contributed by atoms with van der Waals surface area (Å²) >= 11 is 0. The molecule has 0 bridgehead atoms. The van der Waals surface area contributed by atoms with Gasteiger partial charge in [0.1, 0.15) is 5.75 Å². The van der Waals surface area contributed by atoms with E-state index in [-0.39, 0.29) is 0 Å². The molecule has 0 aliphatic heterocycles. The molecule has 0 heterocycles. The SMILES string of the molecule is COc1cccc(CNC2CC(N)C2)c1. The molecule has 3 nitrogen and oxygen atoms in total. The Hall–Kier alpha value is -1.06. The predicted octanol–water partition coefficient (Wildman–Crippen LogP) is 1.27. The van der Waals surface area contributed by atoms with E-state index in [0.29, 0.717) is 12.1 Å². The smallest absolute Gasteiger partial charge is 0.119 e. The van der Waals surface area contributed by atoms with E-state index in [4.69, 9.17) is 10.5 Å². The second-order valence-electron chi connectivity index (χ2n) is 4.16. The molecule has 15 heavy (non-hydrogen) atoms. The van der Waals surface area contributed by atoms with Gasteiger partial charge in [0.25, 0.3) is 0 Å². The molecular formula is C12H18N2O. The quantitative estimate of drug-likeness (QED) is 0.780. The fraction of sp³-hybridized carbons (Fsp3) is 0.500. The summed E-state index contributed by atoms with van der Waals surface area (Å²) in [4.78, 5) is 0. The summed E-state index contributed by atoms with van der Waals surface area (Å²) in [6.07, 6.45) is 2.20. The first-order valence-electron chi connectivity index (χ1n) is 5.40. The van der Waals surface area contributed by atoms with Gasteiger partial charge in [-0.1, -0.05) is 12.1 Å². The Morgan fingerprint density at radius 3 is 2.93 bits per heavy atom. The molecule has 0 atom stereocenters. The van der Waals surface area contributed by atoms with Crippen molar-refractivity contribution in [3.05, 3.63) is 29.8 Å². The lowest BCUT2D eigenvalue weighted by atomic mass is 9.87. The minimum Gasteiger partial charge on any atom is -0.497 e. The van der Waals surface area contributed by atoms with Crippen LogP contribution in [0.5, 0.6) is 5.75 Å². The molecule has 82 valence electrons. The van der Waals surface area contributed by atoms with Crippen molar-refractivity contribution in [2.75, 3.05) is 7.11 Å². The number of hydrogen-bond donors (Lipinski definition) is 2. The number of hydrogen-bond acceptors (Lipinski definition) is 3. The molecule has 1 fully saturated rings. The maximum atomic E-state index is 5.72. The van der Waals surface area contributed by atoms with Crippen molar-refractivity contribution in [3.8, 4) is 5.75 Å². The van der Waals surface area contributed by atoms with Crippen molar-refractivity contribution in [3.63, 3.8) is 0 Å². The molecule has 1 aromatic carbocycles. The summed E-state index contributed by atoms with van der Waals surface area (Å²) in [7, 11) is 1.69. The predicted molar refractivity (Wildman–Crippen MR) is 60.8 cm³/mol. The monoisotopic (exact) mass is 206 g/mol. The maximum Gasteiger partial charge on any atom is 0.119 e. The van der Waals surface area contributed by atoms with Crippen LogP contribution in [0.1, 0.15) is 18.4 Å². The van der Waals surface area contributed by atoms with Gasteiger partial charge in [0, 0.05) is 18.6 Å². The van der Waals surface area contributed by atoms with Gasteiger partial charge in [-0.25, -0.2) is 0 Å². The fourth-order valence-electron chi connectivity index (χ4n) is 1.87. The van der Waals surface area contributed by atoms with Crippen LogP contribution < -0.4 is 15.8 Å². The first-order chi connectivity index (χ1) is 7.28. The summed E-state index contributed by atoms with van der Waals surface area (Å²) in [5.41, 5.74) is 6.98. The third-order valence-electron chi connectivity index (χ3n) is 2.90. The highest BCUT2D eigenvalue weighted by Gasteiger charge is 2.24. The highest BCUT2D eigenvalue weighted by atomic mass is 16.5. The van der Waals surface area contributed by atoms with Crippen LogP contribution in [0.4, 0.5) is 0 Å².